The van der Waals surface area contributed by atoms with E-state index in [0.29, 0.717) is 39.1 Å². The van der Waals surface area contributed by atoms with E-state index in [1.54, 1.807) is 4.90 Å². The van der Waals surface area contributed by atoms with E-state index in [9.17, 15) is 9.59 Å². The lowest BCUT2D eigenvalue weighted by atomic mass is 9.86. The number of carbonyl (C=O) groups excluding carboxylic acids is 2. The Balaban J connectivity index is 1.76. The number of aryl methyl sites for hydroxylation is 1. The molecule has 1 saturated heterocycles. The third-order valence-corrected chi connectivity index (χ3v) is 4.89. The van der Waals surface area contributed by atoms with Crippen molar-refractivity contribution in [2.24, 2.45) is 0 Å². The first-order valence-electron chi connectivity index (χ1n) is 9.71. The first-order valence-corrected chi connectivity index (χ1v) is 9.71. The third kappa shape index (κ3) is 5.75. The van der Waals surface area contributed by atoms with E-state index in [0.717, 1.165) is 12.8 Å². The molecule has 0 radical (unpaired) electrons. The van der Waals surface area contributed by atoms with Crippen LogP contribution in [-0.4, -0.2) is 54.5 Å². The monoisotopic (exact) mass is 359 g/mol. The second kappa shape index (κ2) is 9.06. The number of carbonyl (C=O) groups is 2. The van der Waals surface area contributed by atoms with Crippen LogP contribution < -0.4 is 5.32 Å². The number of hydrogen-bond donors (Lipinski definition) is 1. The molecule has 1 aliphatic rings. The van der Waals surface area contributed by atoms with Crippen molar-refractivity contribution in [3.8, 4) is 0 Å². The Morgan fingerprint density at radius 3 is 2.12 bits per heavy atom. The SMILES string of the molecule is CCCNC(=O)N1CCN(C(=O)CCc2ccc(C(C)(C)C)cc2)CC1. The molecule has 1 fully saturated rings. The van der Waals surface area contributed by atoms with E-state index >= 15 is 0 Å². The van der Waals surface area contributed by atoms with Gasteiger partial charge in [0.1, 0.15) is 0 Å². The Bertz CT molecular complexity index is 597. The van der Waals surface area contributed by atoms with E-state index in [-0.39, 0.29) is 17.4 Å². The standard InChI is InChI=1S/C21H33N3O2/c1-5-12-22-20(26)24-15-13-23(14-16-24)19(25)11-8-17-6-9-18(10-7-17)21(2,3)4/h6-7,9-10H,5,8,11-16H2,1-4H3,(H,22,26). The van der Waals surface area contributed by atoms with Gasteiger partial charge in [-0.05, 0) is 29.4 Å². The highest BCUT2D eigenvalue weighted by molar-refractivity contribution is 5.78. The number of benzene rings is 1. The Kier molecular flexibility index (Phi) is 7.06. The number of rotatable bonds is 5. The van der Waals surface area contributed by atoms with Crippen LogP contribution in [0.15, 0.2) is 24.3 Å². The number of hydrogen-bond acceptors (Lipinski definition) is 2. The van der Waals surface area contributed by atoms with Gasteiger partial charge in [0.2, 0.25) is 5.91 Å². The molecule has 0 aromatic heterocycles. The highest BCUT2D eigenvalue weighted by Gasteiger charge is 2.23. The van der Waals surface area contributed by atoms with E-state index in [1.165, 1.54) is 11.1 Å². The Morgan fingerprint density at radius 2 is 1.58 bits per heavy atom. The molecule has 5 heteroatoms. The molecule has 1 N–H and O–H groups in total. The van der Waals surface area contributed by atoms with Gasteiger partial charge in [-0.25, -0.2) is 4.79 Å². The first kappa shape index (κ1) is 20.3. The fourth-order valence-corrected chi connectivity index (χ4v) is 3.08. The predicted octanol–water partition coefficient (Wildman–Crippen LogP) is 3.18. The lowest BCUT2D eigenvalue weighted by Crippen LogP contribution is -2.53. The summed E-state index contributed by atoms with van der Waals surface area (Å²) in [7, 11) is 0. The minimum absolute atomic E-state index is 0.0158. The highest BCUT2D eigenvalue weighted by atomic mass is 16.2. The third-order valence-electron chi connectivity index (χ3n) is 4.89. The lowest BCUT2D eigenvalue weighted by molar-refractivity contribution is -0.132. The van der Waals surface area contributed by atoms with E-state index in [1.807, 2.05) is 11.8 Å². The van der Waals surface area contributed by atoms with E-state index in [4.69, 9.17) is 0 Å². The second-order valence-corrected chi connectivity index (χ2v) is 8.05. The van der Waals surface area contributed by atoms with Gasteiger partial charge in [-0.2, -0.15) is 0 Å². The zero-order chi connectivity index (χ0) is 19.2. The van der Waals surface area contributed by atoms with Gasteiger partial charge in [-0.1, -0.05) is 52.0 Å². The van der Waals surface area contributed by atoms with Crippen molar-refractivity contribution < 1.29 is 9.59 Å². The lowest BCUT2D eigenvalue weighted by Gasteiger charge is -2.34. The molecule has 0 saturated carbocycles. The minimum atomic E-state index is -0.0158. The van der Waals surface area contributed by atoms with Crippen LogP contribution in [-0.2, 0) is 16.6 Å². The molecule has 0 aliphatic carbocycles. The molecule has 144 valence electrons. The van der Waals surface area contributed by atoms with Crippen molar-refractivity contribution in [1.82, 2.24) is 15.1 Å². The van der Waals surface area contributed by atoms with E-state index < -0.39 is 0 Å². The number of urea groups is 1. The maximum atomic E-state index is 12.5. The highest BCUT2D eigenvalue weighted by Crippen LogP contribution is 2.22. The van der Waals surface area contributed by atoms with Crippen LogP contribution >= 0.6 is 0 Å². The topological polar surface area (TPSA) is 52.7 Å². The van der Waals surface area contributed by atoms with E-state index in [2.05, 4.69) is 50.4 Å². The predicted molar refractivity (Wildman–Crippen MR) is 105 cm³/mol. The summed E-state index contributed by atoms with van der Waals surface area (Å²) in [4.78, 5) is 28.1. The summed E-state index contributed by atoms with van der Waals surface area (Å²) in [5, 5.41) is 2.89. The fourth-order valence-electron chi connectivity index (χ4n) is 3.08. The molecule has 0 spiro atoms. The zero-order valence-electron chi connectivity index (χ0n) is 16.7. The second-order valence-electron chi connectivity index (χ2n) is 8.05. The summed E-state index contributed by atoms with van der Waals surface area (Å²) < 4.78 is 0. The van der Waals surface area contributed by atoms with Crippen molar-refractivity contribution >= 4 is 11.9 Å². The molecule has 1 heterocycles. The molecule has 1 aliphatic heterocycles. The van der Waals surface area contributed by atoms with Crippen molar-refractivity contribution in [3.05, 3.63) is 35.4 Å². The van der Waals surface area contributed by atoms with Crippen molar-refractivity contribution in [2.75, 3.05) is 32.7 Å². The van der Waals surface area contributed by atoms with Crippen molar-refractivity contribution in [2.45, 2.75) is 52.4 Å². The maximum absolute atomic E-state index is 12.5. The van der Waals surface area contributed by atoms with Crippen LogP contribution in [0, 0.1) is 0 Å². The van der Waals surface area contributed by atoms with Crippen molar-refractivity contribution in [3.63, 3.8) is 0 Å². The summed E-state index contributed by atoms with van der Waals surface area (Å²) in [6.07, 6.45) is 2.22. The number of amides is 3. The molecular weight excluding hydrogens is 326 g/mol. The molecule has 2 rings (SSSR count). The average Bonchev–Trinajstić information content (AvgIpc) is 2.64. The Morgan fingerprint density at radius 1 is 1.00 bits per heavy atom. The molecule has 1 aromatic carbocycles. The summed E-state index contributed by atoms with van der Waals surface area (Å²) in [6, 6.07) is 8.56. The van der Waals surface area contributed by atoms with Crippen LogP contribution in [0.2, 0.25) is 0 Å². The van der Waals surface area contributed by atoms with Crippen LogP contribution in [0.5, 0.6) is 0 Å². The largest absolute Gasteiger partial charge is 0.339 e. The maximum Gasteiger partial charge on any atom is 0.317 e. The number of piperazine rings is 1. The van der Waals surface area contributed by atoms with Crippen LogP contribution in [0.25, 0.3) is 0 Å². The smallest absolute Gasteiger partial charge is 0.317 e. The molecule has 1 aromatic rings. The molecule has 0 atom stereocenters. The van der Waals surface area contributed by atoms with Gasteiger partial charge >= 0.3 is 6.03 Å². The van der Waals surface area contributed by atoms with Gasteiger partial charge in [0.15, 0.2) is 0 Å². The quantitative estimate of drug-likeness (QED) is 0.878. The molecule has 0 bridgehead atoms. The summed E-state index contributed by atoms with van der Waals surface area (Å²) >= 11 is 0. The van der Waals surface area contributed by atoms with Gasteiger partial charge in [0.05, 0.1) is 0 Å². The number of nitrogens with one attached hydrogen (secondary N) is 1. The van der Waals surface area contributed by atoms with Crippen LogP contribution in [0.1, 0.15) is 51.7 Å². The summed E-state index contributed by atoms with van der Waals surface area (Å²) in [6.45, 7) is 11.8. The molecule has 3 amide bonds. The van der Waals surface area contributed by atoms with Crippen molar-refractivity contribution in [1.29, 1.82) is 0 Å². The van der Waals surface area contributed by atoms with Gasteiger partial charge in [0, 0.05) is 39.1 Å². The average molecular weight is 360 g/mol. The molecular formula is C21H33N3O2. The first-order chi connectivity index (χ1) is 12.3. The molecule has 0 unspecified atom stereocenters. The minimum Gasteiger partial charge on any atom is -0.339 e. The summed E-state index contributed by atoms with van der Waals surface area (Å²) in [5.74, 6) is 0.179. The van der Waals surface area contributed by atoms with Gasteiger partial charge in [0.25, 0.3) is 0 Å². The van der Waals surface area contributed by atoms with Gasteiger partial charge in [-0.15, -0.1) is 0 Å². The Labute approximate surface area is 157 Å². The van der Waals surface area contributed by atoms with Crippen LogP contribution in [0.3, 0.4) is 0 Å². The summed E-state index contributed by atoms with van der Waals surface area (Å²) in [5.41, 5.74) is 2.66. The van der Waals surface area contributed by atoms with Gasteiger partial charge in [-0.3, -0.25) is 4.79 Å². The normalized spacial score (nSPS) is 15.1. The van der Waals surface area contributed by atoms with Crippen LogP contribution in [0.4, 0.5) is 4.79 Å². The number of nitrogens with zero attached hydrogens (tertiary/aromatic N) is 2. The fraction of sp³-hybridized carbons (Fsp3) is 0.619. The zero-order valence-corrected chi connectivity index (χ0v) is 16.7. The molecule has 5 nitrogen and oxygen atoms in total. The Hall–Kier alpha value is -2.04. The molecule has 26 heavy (non-hydrogen) atoms. The van der Waals surface area contributed by atoms with Gasteiger partial charge < -0.3 is 15.1 Å².